The SMILES string of the molecule is NC1(c2cc(Cl)cnc2F)CCC(O)CC1. The quantitative estimate of drug-likeness (QED) is 0.743. The molecular formula is C11H14ClFN2O. The zero-order valence-electron chi connectivity index (χ0n) is 8.79. The number of nitrogens with zero attached hydrogens (tertiary/aromatic N) is 1. The molecule has 3 nitrogen and oxygen atoms in total. The van der Waals surface area contributed by atoms with Gasteiger partial charge in [-0.1, -0.05) is 11.6 Å². The van der Waals surface area contributed by atoms with Gasteiger partial charge < -0.3 is 10.8 Å². The van der Waals surface area contributed by atoms with Gasteiger partial charge in [-0.3, -0.25) is 0 Å². The minimum absolute atomic E-state index is 0.327. The topological polar surface area (TPSA) is 59.1 Å². The van der Waals surface area contributed by atoms with E-state index < -0.39 is 11.5 Å². The summed E-state index contributed by atoms with van der Waals surface area (Å²) in [5.41, 5.74) is 5.77. The van der Waals surface area contributed by atoms with Gasteiger partial charge in [0.25, 0.3) is 0 Å². The number of hydrogen-bond acceptors (Lipinski definition) is 3. The third kappa shape index (κ3) is 2.19. The lowest BCUT2D eigenvalue weighted by Gasteiger charge is -2.35. The maximum Gasteiger partial charge on any atom is 0.217 e. The summed E-state index contributed by atoms with van der Waals surface area (Å²) in [6.07, 6.45) is 3.21. The molecule has 5 heteroatoms. The highest BCUT2D eigenvalue weighted by Gasteiger charge is 2.35. The Morgan fingerprint density at radius 3 is 2.75 bits per heavy atom. The zero-order chi connectivity index (χ0) is 11.8. The largest absolute Gasteiger partial charge is 0.393 e. The number of rotatable bonds is 1. The summed E-state index contributed by atoms with van der Waals surface area (Å²) in [5.74, 6) is -0.566. The Labute approximate surface area is 98.4 Å². The van der Waals surface area contributed by atoms with Crippen molar-refractivity contribution in [1.29, 1.82) is 0 Å². The molecule has 0 atom stereocenters. The van der Waals surface area contributed by atoms with Crippen LogP contribution >= 0.6 is 11.6 Å². The number of hydrogen-bond donors (Lipinski definition) is 2. The molecule has 0 unspecified atom stereocenters. The number of halogens is 2. The summed E-state index contributed by atoms with van der Waals surface area (Å²) in [6, 6.07) is 1.53. The number of nitrogens with two attached hydrogens (primary N) is 1. The van der Waals surface area contributed by atoms with E-state index in [0.717, 1.165) is 0 Å². The Bertz CT molecular complexity index is 392. The molecule has 0 radical (unpaired) electrons. The van der Waals surface area contributed by atoms with Crippen molar-refractivity contribution in [2.45, 2.75) is 37.3 Å². The molecule has 0 spiro atoms. The first kappa shape index (κ1) is 11.8. The fourth-order valence-corrected chi connectivity index (χ4v) is 2.32. The fourth-order valence-electron chi connectivity index (χ4n) is 2.16. The van der Waals surface area contributed by atoms with Gasteiger partial charge in [0.1, 0.15) is 0 Å². The third-order valence-electron chi connectivity index (χ3n) is 3.19. The lowest BCUT2D eigenvalue weighted by molar-refractivity contribution is 0.0954. The Morgan fingerprint density at radius 2 is 2.12 bits per heavy atom. The fraction of sp³-hybridized carbons (Fsp3) is 0.545. The number of aliphatic hydroxyl groups is 1. The molecular weight excluding hydrogens is 231 g/mol. The second kappa shape index (κ2) is 4.28. The summed E-state index contributed by atoms with van der Waals surface area (Å²) in [7, 11) is 0. The second-order valence-electron chi connectivity index (χ2n) is 4.38. The van der Waals surface area contributed by atoms with E-state index in [1.165, 1.54) is 12.3 Å². The Kier molecular flexibility index (Phi) is 3.15. The van der Waals surface area contributed by atoms with E-state index >= 15 is 0 Å². The maximum absolute atomic E-state index is 13.6. The van der Waals surface area contributed by atoms with E-state index in [4.69, 9.17) is 17.3 Å². The minimum atomic E-state index is -0.749. The van der Waals surface area contributed by atoms with Crippen LogP contribution in [-0.2, 0) is 5.54 Å². The van der Waals surface area contributed by atoms with Crippen LogP contribution in [0.15, 0.2) is 12.3 Å². The molecule has 1 aromatic rings. The molecule has 0 bridgehead atoms. The van der Waals surface area contributed by atoms with Crippen LogP contribution in [0.4, 0.5) is 4.39 Å². The summed E-state index contributed by atoms with van der Waals surface area (Å²) in [4.78, 5) is 3.58. The number of aromatic nitrogens is 1. The van der Waals surface area contributed by atoms with Gasteiger partial charge >= 0.3 is 0 Å². The van der Waals surface area contributed by atoms with Gasteiger partial charge in [-0.15, -0.1) is 0 Å². The normalized spacial score (nSPS) is 30.4. The van der Waals surface area contributed by atoms with Crippen LogP contribution < -0.4 is 5.73 Å². The van der Waals surface area contributed by atoms with Crippen LogP contribution in [-0.4, -0.2) is 16.2 Å². The van der Waals surface area contributed by atoms with Crippen LogP contribution in [0.3, 0.4) is 0 Å². The Morgan fingerprint density at radius 1 is 1.50 bits per heavy atom. The molecule has 16 heavy (non-hydrogen) atoms. The standard InChI is InChI=1S/C11H14ClFN2O/c12-7-5-9(10(13)15-6-7)11(14)3-1-8(16)2-4-11/h5-6,8,16H,1-4,14H2. The molecule has 88 valence electrons. The van der Waals surface area contributed by atoms with Crippen molar-refractivity contribution >= 4 is 11.6 Å². The van der Waals surface area contributed by atoms with E-state index in [9.17, 15) is 9.50 Å². The van der Waals surface area contributed by atoms with Crippen LogP contribution in [0, 0.1) is 5.95 Å². The second-order valence-corrected chi connectivity index (χ2v) is 4.82. The molecule has 1 aliphatic carbocycles. The van der Waals surface area contributed by atoms with Crippen LogP contribution in [0.1, 0.15) is 31.2 Å². The highest BCUT2D eigenvalue weighted by molar-refractivity contribution is 6.30. The van der Waals surface area contributed by atoms with E-state index in [0.29, 0.717) is 36.3 Å². The first-order chi connectivity index (χ1) is 7.51. The summed E-state index contributed by atoms with van der Waals surface area (Å²) in [6.45, 7) is 0. The molecule has 0 amide bonds. The molecule has 3 N–H and O–H groups in total. The minimum Gasteiger partial charge on any atom is -0.393 e. The predicted molar refractivity (Wildman–Crippen MR) is 59.5 cm³/mol. The summed E-state index contributed by atoms with van der Waals surface area (Å²) < 4.78 is 13.6. The van der Waals surface area contributed by atoms with Crippen molar-refractivity contribution in [3.63, 3.8) is 0 Å². The summed E-state index contributed by atoms with van der Waals surface area (Å²) in [5, 5.41) is 9.80. The lowest BCUT2D eigenvalue weighted by Crippen LogP contribution is -2.42. The van der Waals surface area contributed by atoms with Crippen LogP contribution in [0.2, 0.25) is 5.02 Å². The number of aliphatic hydroxyl groups excluding tert-OH is 1. The summed E-state index contributed by atoms with van der Waals surface area (Å²) >= 11 is 5.79. The van der Waals surface area contributed by atoms with Crippen molar-refractivity contribution < 1.29 is 9.50 Å². The van der Waals surface area contributed by atoms with Gasteiger partial charge in [-0.05, 0) is 31.7 Å². The van der Waals surface area contributed by atoms with Crippen LogP contribution in [0.25, 0.3) is 0 Å². The average molecular weight is 245 g/mol. The van der Waals surface area contributed by atoms with Gasteiger partial charge in [0.2, 0.25) is 5.95 Å². The molecule has 0 aromatic carbocycles. The molecule has 1 fully saturated rings. The molecule has 0 saturated heterocycles. The van der Waals surface area contributed by atoms with Crippen molar-refractivity contribution in [1.82, 2.24) is 4.98 Å². The Balaban J connectivity index is 2.32. The Hall–Kier alpha value is -0.710. The van der Waals surface area contributed by atoms with E-state index in [-0.39, 0.29) is 6.10 Å². The van der Waals surface area contributed by atoms with Gasteiger partial charge in [0, 0.05) is 17.3 Å². The first-order valence-corrected chi connectivity index (χ1v) is 5.67. The molecule has 1 aromatic heterocycles. The molecule has 1 saturated carbocycles. The third-order valence-corrected chi connectivity index (χ3v) is 3.40. The predicted octanol–water partition coefficient (Wildman–Crippen LogP) is 1.96. The monoisotopic (exact) mass is 244 g/mol. The van der Waals surface area contributed by atoms with Gasteiger partial charge in [0.05, 0.1) is 11.1 Å². The van der Waals surface area contributed by atoms with Gasteiger partial charge in [-0.25, -0.2) is 4.98 Å². The molecule has 2 rings (SSSR count). The van der Waals surface area contributed by atoms with Crippen molar-refractivity contribution in [2.24, 2.45) is 5.73 Å². The highest BCUT2D eigenvalue weighted by atomic mass is 35.5. The molecule has 0 aliphatic heterocycles. The van der Waals surface area contributed by atoms with Gasteiger partial charge in [0.15, 0.2) is 0 Å². The smallest absolute Gasteiger partial charge is 0.217 e. The van der Waals surface area contributed by atoms with E-state index in [1.807, 2.05) is 0 Å². The van der Waals surface area contributed by atoms with Crippen molar-refractivity contribution in [3.8, 4) is 0 Å². The van der Waals surface area contributed by atoms with Crippen molar-refractivity contribution in [3.05, 3.63) is 28.8 Å². The molecule has 1 heterocycles. The zero-order valence-corrected chi connectivity index (χ0v) is 9.54. The van der Waals surface area contributed by atoms with E-state index in [1.54, 1.807) is 0 Å². The number of pyridine rings is 1. The maximum atomic E-state index is 13.6. The average Bonchev–Trinajstić information content (AvgIpc) is 2.26. The van der Waals surface area contributed by atoms with E-state index in [2.05, 4.69) is 4.98 Å². The molecule has 1 aliphatic rings. The van der Waals surface area contributed by atoms with Crippen LogP contribution in [0.5, 0.6) is 0 Å². The first-order valence-electron chi connectivity index (χ1n) is 5.30. The van der Waals surface area contributed by atoms with Crippen molar-refractivity contribution in [2.75, 3.05) is 0 Å². The lowest BCUT2D eigenvalue weighted by atomic mass is 9.77. The van der Waals surface area contributed by atoms with Gasteiger partial charge in [-0.2, -0.15) is 4.39 Å². The highest BCUT2D eigenvalue weighted by Crippen LogP contribution is 2.36.